The Morgan fingerprint density at radius 1 is 1.16 bits per heavy atom. The number of methoxy groups -OCH3 is 1. The van der Waals surface area contributed by atoms with Crippen LogP contribution in [0.25, 0.3) is 0 Å². The lowest BCUT2D eigenvalue weighted by atomic mass is 10.2. The third-order valence-corrected chi connectivity index (χ3v) is 3.70. The second kappa shape index (κ2) is 6.06. The molecule has 100 valence electrons. The minimum atomic E-state index is -0.222. The largest absolute Gasteiger partial charge is 0.497 e. The fourth-order valence-electron chi connectivity index (χ4n) is 1.84. The molecule has 4 heteroatoms. The molecule has 2 aromatic carbocycles. The molecule has 2 aromatic rings. The third kappa shape index (κ3) is 3.47. The van der Waals surface area contributed by atoms with Crippen LogP contribution in [0.15, 0.2) is 46.9 Å². The Bertz CT molecular complexity index is 557. The van der Waals surface area contributed by atoms with Crippen LogP contribution < -0.4 is 9.64 Å². The molecule has 0 unspecified atom stereocenters. The topological polar surface area (TPSA) is 12.5 Å². The predicted octanol–water partition coefficient (Wildman–Crippen LogP) is 4.23. The highest BCUT2D eigenvalue weighted by molar-refractivity contribution is 9.10. The maximum Gasteiger partial charge on any atom is 0.123 e. The fraction of sp³-hybridized carbons (Fsp3) is 0.200. The highest BCUT2D eigenvalue weighted by atomic mass is 79.9. The number of hydrogen-bond donors (Lipinski definition) is 0. The van der Waals surface area contributed by atoms with Crippen LogP contribution in [0.4, 0.5) is 10.1 Å². The van der Waals surface area contributed by atoms with E-state index in [9.17, 15) is 4.39 Å². The number of hydrogen-bond acceptors (Lipinski definition) is 2. The maximum atomic E-state index is 12.9. The van der Waals surface area contributed by atoms with Gasteiger partial charge in [0.1, 0.15) is 11.6 Å². The molecule has 0 bridgehead atoms. The van der Waals surface area contributed by atoms with Gasteiger partial charge in [-0.1, -0.05) is 15.9 Å². The maximum absolute atomic E-state index is 12.9. The van der Waals surface area contributed by atoms with Gasteiger partial charge in [-0.15, -0.1) is 0 Å². The zero-order chi connectivity index (χ0) is 13.8. The quantitative estimate of drug-likeness (QED) is 0.834. The fourth-order valence-corrected chi connectivity index (χ4v) is 2.21. The van der Waals surface area contributed by atoms with Crippen LogP contribution in [-0.2, 0) is 6.54 Å². The van der Waals surface area contributed by atoms with E-state index < -0.39 is 0 Å². The highest BCUT2D eigenvalue weighted by Gasteiger charge is 2.07. The molecule has 0 aliphatic heterocycles. The summed E-state index contributed by atoms with van der Waals surface area (Å²) < 4.78 is 19.2. The molecule has 0 spiro atoms. The molecule has 0 aliphatic rings. The van der Waals surface area contributed by atoms with E-state index >= 15 is 0 Å². The van der Waals surface area contributed by atoms with E-state index in [0.29, 0.717) is 6.54 Å². The van der Waals surface area contributed by atoms with Gasteiger partial charge in [0.25, 0.3) is 0 Å². The lowest BCUT2D eigenvalue weighted by Gasteiger charge is -2.20. The van der Waals surface area contributed by atoms with Gasteiger partial charge in [-0.2, -0.15) is 0 Å². The Balaban J connectivity index is 2.18. The lowest BCUT2D eigenvalue weighted by Crippen LogP contribution is -2.16. The SMILES string of the molecule is COc1ccc(Br)c(CN(C)c2ccc(F)cc2)c1. The second-order valence-corrected chi connectivity index (χ2v) is 5.14. The van der Waals surface area contributed by atoms with Gasteiger partial charge >= 0.3 is 0 Å². The van der Waals surface area contributed by atoms with Crippen LogP contribution in [0.5, 0.6) is 5.75 Å². The number of halogens is 2. The van der Waals surface area contributed by atoms with Gasteiger partial charge in [0.05, 0.1) is 7.11 Å². The normalized spacial score (nSPS) is 10.3. The average Bonchev–Trinajstić information content (AvgIpc) is 2.42. The molecule has 0 saturated heterocycles. The van der Waals surface area contributed by atoms with Gasteiger partial charge in [0, 0.05) is 23.8 Å². The van der Waals surface area contributed by atoms with Crippen LogP contribution in [-0.4, -0.2) is 14.2 Å². The number of rotatable bonds is 4. The molecule has 0 heterocycles. The first kappa shape index (κ1) is 13.9. The van der Waals surface area contributed by atoms with Crippen molar-refractivity contribution in [1.82, 2.24) is 0 Å². The summed E-state index contributed by atoms with van der Waals surface area (Å²) >= 11 is 3.53. The molecule has 2 rings (SSSR count). The third-order valence-electron chi connectivity index (χ3n) is 2.93. The molecule has 2 nitrogen and oxygen atoms in total. The molecular weight excluding hydrogens is 309 g/mol. The van der Waals surface area contributed by atoms with Gasteiger partial charge in [-0.05, 0) is 48.0 Å². The van der Waals surface area contributed by atoms with E-state index in [1.165, 1.54) is 12.1 Å². The number of benzene rings is 2. The Morgan fingerprint density at radius 3 is 2.47 bits per heavy atom. The summed E-state index contributed by atoms with van der Waals surface area (Å²) in [6, 6.07) is 12.3. The first-order chi connectivity index (χ1) is 9.10. The van der Waals surface area contributed by atoms with E-state index in [2.05, 4.69) is 20.8 Å². The molecule has 0 atom stereocenters. The summed E-state index contributed by atoms with van der Waals surface area (Å²) in [5, 5.41) is 0. The minimum absolute atomic E-state index is 0.222. The first-order valence-corrected chi connectivity index (χ1v) is 6.68. The summed E-state index contributed by atoms with van der Waals surface area (Å²) in [7, 11) is 3.62. The first-order valence-electron chi connectivity index (χ1n) is 5.89. The molecule has 0 aromatic heterocycles. The number of ether oxygens (including phenoxy) is 1. The summed E-state index contributed by atoms with van der Waals surface area (Å²) in [5.74, 6) is 0.602. The van der Waals surface area contributed by atoms with Gasteiger partial charge in [-0.3, -0.25) is 0 Å². The molecule has 0 amide bonds. The molecule has 0 N–H and O–H groups in total. The van der Waals surface area contributed by atoms with Gasteiger partial charge in [-0.25, -0.2) is 4.39 Å². The van der Waals surface area contributed by atoms with Gasteiger partial charge in [0.15, 0.2) is 0 Å². The summed E-state index contributed by atoms with van der Waals surface area (Å²) in [5.41, 5.74) is 2.09. The van der Waals surface area contributed by atoms with Crippen molar-refractivity contribution < 1.29 is 9.13 Å². The van der Waals surface area contributed by atoms with Crippen molar-refractivity contribution in [1.29, 1.82) is 0 Å². The summed E-state index contributed by atoms with van der Waals surface area (Å²) in [6.07, 6.45) is 0. The van der Waals surface area contributed by atoms with Crippen LogP contribution in [0.3, 0.4) is 0 Å². The predicted molar refractivity (Wildman–Crippen MR) is 79.2 cm³/mol. The monoisotopic (exact) mass is 323 g/mol. The minimum Gasteiger partial charge on any atom is -0.497 e. The molecule has 0 aliphatic carbocycles. The standard InChI is InChI=1S/C15H15BrFNO/c1-18(13-5-3-12(17)4-6-13)10-11-9-14(19-2)7-8-15(11)16/h3-9H,10H2,1-2H3. The molecule has 0 radical (unpaired) electrons. The van der Waals surface area contributed by atoms with E-state index in [-0.39, 0.29) is 5.82 Å². The van der Waals surface area contributed by atoms with E-state index in [4.69, 9.17) is 4.74 Å². The zero-order valence-corrected chi connectivity index (χ0v) is 12.4. The Morgan fingerprint density at radius 2 is 1.84 bits per heavy atom. The lowest BCUT2D eigenvalue weighted by molar-refractivity contribution is 0.414. The van der Waals surface area contributed by atoms with Crippen molar-refractivity contribution in [2.24, 2.45) is 0 Å². The Hall–Kier alpha value is -1.55. The molecular formula is C15H15BrFNO. The molecule has 0 fully saturated rings. The van der Waals surface area contributed by atoms with Crippen LogP contribution in [0, 0.1) is 5.82 Å². The van der Waals surface area contributed by atoms with Crippen LogP contribution in [0.1, 0.15) is 5.56 Å². The Kier molecular flexibility index (Phi) is 4.43. The van der Waals surface area contributed by atoms with E-state index in [1.54, 1.807) is 19.2 Å². The van der Waals surface area contributed by atoms with Gasteiger partial charge in [0.2, 0.25) is 0 Å². The average molecular weight is 324 g/mol. The zero-order valence-electron chi connectivity index (χ0n) is 10.9. The smallest absolute Gasteiger partial charge is 0.123 e. The van der Waals surface area contributed by atoms with Crippen LogP contribution in [0.2, 0.25) is 0 Å². The van der Waals surface area contributed by atoms with E-state index in [0.717, 1.165) is 21.5 Å². The van der Waals surface area contributed by atoms with Crippen molar-refractivity contribution in [2.75, 3.05) is 19.1 Å². The van der Waals surface area contributed by atoms with Crippen molar-refractivity contribution in [3.8, 4) is 5.75 Å². The number of anilines is 1. The van der Waals surface area contributed by atoms with Crippen molar-refractivity contribution >= 4 is 21.6 Å². The van der Waals surface area contributed by atoms with Crippen molar-refractivity contribution in [2.45, 2.75) is 6.54 Å². The molecule has 19 heavy (non-hydrogen) atoms. The van der Waals surface area contributed by atoms with Crippen molar-refractivity contribution in [3.63, 3.8) is 0 Å². The molecule has 0 saturated carbocycles. The Labute approximate surface area is 120 Å². The second-order valence-electron chi connectivity index (χ2n) is 4.29. The van der Waals surface area contributed by atoms with Gasteiger partial charge < -0.3 is 9.64 Å². The van der Waals surface area contributed by atoms with Crippen molar-refractivity contribution in [3.05, 3.63) is 58.3 Å². The summed E-state index contributed by atoms with van der Waals surface area (Å²) in [6.45, 7) is 0.712. The van der Waals surface area contributed by atoms with E-state index in [1.807, 2.05) is 25.2 Å². The van der Waals surface area contributed by atoms with Crippen LogP contribution >= 0.6 is 15.9 Å². The summed E-state index contributed by atoms with van der Waals surface area (Å²) in [4.78, 5) is 2.05. The highest BCUT2D eigenvalue weighted by Crippen LogP contribution is 2.25. The number of nitrogens with zero attached hydrogens (tertiary/aromatic N) is 1.